The van der Waals surface area contributed by atoms with Gasteiger partial charge in [-0.25, -0.2) is 0 Å². The fourth-order valence-electron chi connectivity index (χ4n) is 9.59. The molecule has 4 aliphatic carbocycles. The Balaban J connectivity index is 1.34. The molecule has 0 amide bonds. The monoisotopic (exact) mass is 596 g/mol. The molecule has 3 saturated carbocycles. The van der Waals surface area contributed by atoms with Crippen LogP contribution in [0.2, 0.25) is 0 Å². The minimum absolute atomic E-state index is 0.464. The molecule has 0 radical (unpaired) electrons. The quantitative estimate of drug-likeness (QED) is 0.0943. The number of rotatable bonds is 12. The van der Waals surface area contributed by atoms with E-state index in [0.717, 1.165) is 42.1 Å². The normalized spacial score (nSPS) is 39.6. The van der Waals surface area contributed by atoms with Gasteiger partial charge in [0.15, 0.2) is 0 Å². The minimum Gasteiger partial charge on any atom is -0.378 e. The topological polar surface area (TPSA) is 9.23 Å². The van der Waals surface area contributed by atoms with Gasteiger partial charge in [-0.3, -0.25) is 0 Å². The number of ether oxygens (including phenoxy) is 1. The average Bonchev–Trinajstić information content (AvgIpc) is 3.18. The lowest BCUT2D eigenvalue weighted by Gasteiger charge is -2.58. The van der Waals surface area contributed by atoms with Crippen LogP contribution in [0.3, 0.4) is 0 Å². The van der Waals surface area contributed by atoms with Gasteiger partial charge in [0, 0.05) is 6.61 Å². The molecule has 0 bridgehead atoms. The number of alkyl halides is 1. The molecule has 0 aromatic heterocycles. The van der Waals surface area contributed by atoms with E-state index in [2.05, 4.69) is 63.3 Å². The summed E-state index contributed by atoms with van der Waals surface area (Å²) in [4.78, 5) is 0. The third-order valence-electron chi connectivity index (χ3n) is 11.6. The number of unbranched alkanes of at least 4 members (excludes halogenated alkanes) is 3. The van der Waals surface area contributed by atoms with E-state index in [1.54, 1.807) is 5.57 Å². The van der Waals surface area contributed by atoms with Crippen LogP contribution in [0.15, 0.2) is 11.6 Å². The highest BCUT2D eigenvalue weighted by molar-refractivity contribution is 14.1. The molecule has 2 heteroatoms. The maximum Gasteiger partial charge on any atom is 0.0612 e. The first-order chi connectivity index (χ1) is 16.8. The molecule has 0 saturated heterocycles. The number of hydrogen-bond donors (Lipinski definition) is 0. The molecule has 0 aliphatic heterocycles. The number of allylic oxidation sites excluding steroid dienone is 1. The van der Waals surface area contributed by atoms with Crippen molar-refractivity contribution in [3.05, 3.63) is 11.6 Å². The van der Waals surface area contributed by atoms with E-state index in [1.807, 2.05) is 0 Å². The van der Waals surface area contributed by atoms with Gasteiger partial charge in [0.1, 0.15) is 0 Å². The second-order valence-corrected chi connectivity index (χ2v) is 15.2. The van der Waals surface area contributed by atoms with Crippen molar-refractivity contribution in [2.24, 2.45) is 46.3 Å². The first-order valence-corrected chi connectivity index (χ1v) is 17.2. The van der Waals surface area contributed by atoms with Crippen LogP contribution in [-0.2, 0) is 4.74 Å². The molecule has 35 heavy (non-hydrogen) atoms. The Morgan fingerprint density at radius 3 is 2.49 bits per heavy atom. The highest BCUT2D eigenvalue weighted by Gasteiger charge is 2.59. The van der Waals surface area contributed by atoms with E-state index in [-0.39, 0.29) is 0 Å². The molecule has 0 N–H and O–H groups in total. The lowest BCUT2D eigenvalue weighted by atomic mass is 9.47. The summed E-state index contributed by atoms with van der Waals surface area (Å²) in [7, 11) is 0. The zero-order valence-corrected chi connectivity index (χ0v) is 26.1. The molecular formula is C33H57IO. The minimum atomic E-state index is 0.464. The molecule has 0 aromatic rings. The fraction of sp³-hybridized carbons (Fsp3) is 0.939. The molecule has 4 rings (SSSR count). The SMILES string of the molecule is CC(C)CCC[C@@H](C)[C@H]1CC[C@H]2[C@@H]3CC=C4C[C@@H](OCCCCCCI)CC[C@]4(C)[C@H]3CC[C@]12C. The number of halogens is 1. The summed E-state index contributed by atoms with van der Waals surface area (Å²) in [5.41, 5.74) is 2.86. The van der Waals surface area contributed by atoms with Crippen molar-refractivity contribution < 1.29 is 4.74 Å². The van der Waals surface area contributed by atoms with Gasteiger partial charge in [-0.05, 0) is 115 Å². The molecular weight excluding hydrogens is 539 g/mol. The zero-order valence-electron chi connectivity index (χ0n) is 23.9. The van der Waals surface area contributed by atoms with Crippen LogP contribution in [0.4, 0.5) is 0 Å². The Hall–Kier alpha value is 0.430. The van der Waals surface area contributed by atoms with Crippen molar-refractivity contribution in [1.82, 2.24) is 0 Å². The van der Waals surface area contributed by atoms with Gasteiger partial charge in [0.05, 0.1) is 6.10 Å². The lowest BCUT2D eigenvalue weighted by molar-refractivity contribution is -0.0641. The zero-order chi connectivity index (χ0) is 25.1. The number of fused-ring (bicyclic) bond motifs is 5. The van der Waals surface area contributed by atoms with E-state index in [1.165, 1.54) is 101 Å². The summed E-state index contributed by atoms with van der Waals surface area (Å²) < 4.78 is 7.72. The molecule has 202 valence electrons. The van der Waals surface area contributed by atoms with Gasteiger partial charge in [0.2, 0.25) is 0 Å². The summed E-state index contributed by atoms with van der Waals surface area (Å²) in [5, 5.41) is 0. The smallest absolute Gasteiger partial charge is 0.0612 e. The van der Waals surface area contributed by atoms with Crippen LogP contribution < -0.4 is 0 Å². The van der Waals surface area contributed by atoms with Crippen LogP contribution >= 0.6 is 22.6 Å². The van der Waals surface area contributed by atoms with Gasteiger partial charge in [-0.1, -0.05) is 101 Å². The van der Waals surface area contributed by atoms with Crippen LogP contribution in [0.1, 0.15) is 131 Å². The summed E-state index contributed by atoms with van der Waals surface area (Å²) >= 11 is 2.50. The highest BCUT2D eigenvalue weighted by atomic mass is 127. The van der Waals surface area contributed by atoms with Crippen molar-refractivity contribution in [2.75, 3.05) is 11.0 Å². The van der Waals surface area contributed by atoms with Crippen molar-refractivity contribution in [3.8, 4) is 0 Å². The third kappa shape index (κ3) is 6.20. The average molecular weight is 597 g/mol. The van der Waals surface area contributed by atoms with E-state index in [4.69, 9.17) is 4.74 Å². The molecule has 0 aromatic carbocycles. The molecule has 0 heterocycles. The first-order valence-electron chi connectivity index (χ1n) is 15.7. The molecule has 0 unspecified atom stereocenters. The Kier molecular flexibility index (Phi) is 10.2. The molecule has 1 nitrogen and oxygen atoms in total. The van der Waals surface area contributed by atoms with E-state index in [9.17, 15) is 0 Å². The second-order valence-electron chi connectivity index (χ2n) is 14.1. The maximum absolute atomic E-state index is 6.42. The van der Waals surface area contributed by atoms with Gasteiger partial charge < -0.3 is 4.74 Å². The lowest BCUT2D eigenvalue weighted by Crippen LogP contribution is -2.51. The van der Waals surface area contributed by atoms with E-state index in [0.29, 0.717) is 16.9 Å². The van der Waals surface area contributed by atoms with E-state index < -0.39 is 0 Å². The highest BCUT2D eigenvalue weighted by Crippen LogP contribution is 2.67. The number of hydrogen-bond acceptors (Lipinski definition) is 1. The van der Waals surface area contributed by atoms with Gasteiger partial charge >= 0.3 is 0 Å². The van der Waals surface area contributed by atoms with Gasteiger partial charge in [0.25, 0.3) is 0 Å². The first kappa shape index (κ1) is 28.4. The molecule has 8 atom stereocenters. The summed E-state index contributed by atoms with van der Waals surface area (Å²) in [6.45, 7) is 13.8. The van der Waals surface area contributed by atoms with Gasteiger partial charge in [-0.15, -0.1) is 0 Å². The third-order valence-corrected chi connectivity index (χ3v) is 12.4. The van der Waals surface area contributed by atoms with Crippen molar-refractivity contribution in [3.63, 3.8) is 0 Å². The van der Waals surface area contributed by atoms with Crippen molar-refractivity contribution in [1.29, 1.82) is 0 Å². The van der Waals surface area contributed by atoms with Crippen LogP contribution in [-0.4, -0.2) is 17.1 Å². The summed E-state index contributed by atoms with van der Waals surface area (Å²) in [6.07, 6.45) is 24.2. The molecule has 4 aliphatic rings. The van der Waals surface area contributed by atoms with Crippen molar-refractivity contribution in [2.45, 2.75) is 137 Å². The van der Waals surface area contributed by atoms with Crippen molar-refractivity contribution >= 4 is 22.6 Å². The van der Waals surface area contributed by atoms with Gasteiger partial charge in [-0.2, -0.15) is 0 Å². The fourth-order valence-corrected chi connectivity index (χ4v) is 10.1. The predicted molar refractivity (Wildman–Crippen MR) is 160 cm³/mol. The summed E-state index contributed by atoms with van der Waals surface area (Å²) in [5.74, 6) is 5.61. The summed E-state index contributed by atoms with van der Waals surface area (Å²) in [6, 6.07) is 0. The Labute approximate surface area is 232 Å². The van der Waals surface area contributed by atoms with Crippen LogP contribution in [0.5, 0.6) is 0 Å². The van der Waals surface area contributed by atoms with Crippen LogP contribution in [0.25, 0.3) is 0 Å². The standard InChI is InChI=1S/C33H57IO/c1-24(2)11-10-12-25(3)29-15-16-30-28-14-13-26-23-27(35-22-9-7-6-8-21-34)17-19-32(26,4)31(28)18-20-33(29,30)5/h13,24-25,27-31H,6-12,14-23H2,1-5H3/t25-,27+,28+,29-,30+,31+,32+,33-/m1/s1. The Bertz CT molecular complexity index is 699. The molecule has 3 fully saturated rings. The van der Waals surface area contributed by atoms with E-state index >= 15 is 0 Å². The second kappa shape index (κ2) is 12.5. The Morgan fingerprint density at radius 2 is 1.71 bits per heavy atom. The Morgan fingerprint density at radius 1 is 0.914 bits per heavy atom. The maximum atomic E-state index is 6.42. The largest absolute Gasteiger partial charge is 0.378 e. The molecule has 0 spiro atoms. The predicted octanol–water partition coefficient (Wildman–Crippen LogP) is 10.4. The van der Waals surface area contributed by atoms with Crippen LogP contribution in [0, 0.1) is 46.3 Å².